The minimum absolute atomic E-state index is 0.124. The van der Waals surface area contributed by atoms with Crippen LogP contribution in [0.15, 0.2) is 11.6 Å². The summed E-state index contributed by atoms with van der Waals surface area (Å²) in [6, 6.07) is 2.50. The first-order valence-electron chi connectivity index (χ1n) is 7.60. The lowest BCUT2D eigenvalue weighted by Gasteiger charge is -2.55. The summed E-state index contributed by atoms with van der Waals surface area (Å²) in [5.41, 5.74) is 0.204. The molecule has 106 valence electrons. The third kappa shape index (κ3) is 1.70. The van der Waals surface area contributed by atoms with Crippen LogP contribution in [-0.4, -0.2) is 11.6 Å². The van der Waals surface area contributed by atoms with Gasteiger partial charge in [-0.05, 0) is 42.7 Å². The summed E-state index contributed by atoms with van der Waals surface area (Å²) < 4.78 is 0. The maximum absolute atomic E-state index is 12.1. The normalized spacial score (nSPS) is 44.1. The summed E-state index contributed by atoms with van der Waals surface area (Å²) in [4.78, 5) is 24.0. The Morgan fingerprint density at radius 1 is 1.35 bits per heavy atom. The average molecular weight is 271 g/mol. The van der Waals surface area contributed by atoms with Crippen molar-refractivity contribution in [1.29, 1.82) is 5.26 Å². The first-order chi connectivity index (χ1) is 9.41. The lowest BCUT2D eigenvalue weighted by atomic mass is 9.47. The summed E-state index contributed by atoms with van der Waals surface area (Å²) in [6.07, 6.45) is 5.83. The summed E-state index contributed by atoms with van der Waals surface area (Å²) in [6.45, 7) is 4.26. The van der Waals surface area contributed by atoms with Crippen LogP contribution < -0.4 is 0 Å². The van der Waals surface area contributed by atoms with Gasteiger partial charge in [0.2, 0.25) is 0 Å². The largest absolute Gasteiger partial charge is 0.300 e. The standard InChI is InChI=1S/C17H21NO2/c1-11-7-13(20)9-16(2)14(11)4-6-17(10-18)5-3-12(19)8-15(16)17/h8,11,14H,3-7,9H2,1-2H3/t11-,14+,16+,17-/m1/s1. The molecule has 2 fully saturated rings. The fourth-order valence-electron chi connectivity index (χ4n) is 5.03. The monoisotopic (exact) mass is 271 g/mol. The van der Waals surface area contributed by atoms with Crippen molar-refractivity contribution in [2.45, 2.75) is 52.4 Å². The van der Waals surface area contributed by atoms with E-state index in [1.807, 2.05) is 0 Å². The van der Waals surface area contributed by atoms with E-state index in [2.05, 4.69) is 19.9 Å². The average Bonchev–Trinajstić information content (AvgIpc) is 2.38. The van der Waals surface area contributed by atoms with Gasteiger partial charge in [-0.1, -0.05) is 13.8 Å². The van der Waals surface area contributed by atoms with Gasteiger partial charge in [-0.2, -0.15) is 5.26 Å². The maximum atomic E-state index is 12.1. The van der Waals surface area contributed by atoms with Crippen molar-refractivity contribution >= 4 is 11.6 Å². The Balaban J connectivity index is 2.13. The molecule has 0 amide bonds. The Morgan fingerprint density at radius 2 is 2.10 bits per heavy atom. The molecule has 3 heteroatoms. The topological polar surface area (TPSA) is 57.9 Å². The molecule has 0 aromatic rings. The predicted octanol–water partition coefficient (Wildman–Crippen LogP) is 3.20. The molecular formula is C17H21NO2. The Labute approximate surface area is 120 Å². The van der Waals surface area contributed by atoms with Crippen LogP contribution in [0.4, 0.5) is 0 Å². The number of ketones is 2. The van der Waals surface area contributed by atoms with Crippen molar-refractivity contribution in [3.8, 4) is 6.07 Å². The van der Waals surface area contributed by atoms with Gasteiger partial charge in [-0.25, -0.2) is 0 Å². The number of hydrogen-bond acceptors (Lipinski definition) is 3. The van der Waals surface area contributed by atoms with E-state index in [0.717, 1.165) is 18.4 Å². The highest BCUT2D eigenvalue weighted by molar-refractivity contribution is 5.92. The summed E-state index contributed by atoms with van der Waals surface area (Å²) in [5.74, 6) is 1.19. The molecule has 0 aromatic heterocycles. The van der Waals surface area contributed by atoms with Gasteiger partial charge < -0.3 is 0 Å². The van der Waals surface area contributed by atoms with E-state index < -0.39 is 5.41 Å². The number of nitriles is 1. The lowest BCUT2D eigenvalue weighted by Crippen LogP contribution is -2.50. The Bertz CT molecular complexity index is 556. The highest BCUT2D eigenvalue weighted by Crippen LogP contribution is 2.62. The van der Waals surface area contributed by atoms with Gasteiger partial charge in [-0.3, -0.25) is 9.59 Å². The van der Waals surface area contributed by atoms with Gasteiger partial charge in [0.1, 0.15) is 5.78 Å². The third-order valence-corrected chi connectivity index (χ3v) is 5.95. The summed E-state index contributed by atoms with van der Waals surface area (Å²) in [5, 5.41) is 9.71. The molecule has 3 nitrogen and oxygen atoms in total. The number of fused-ring (bicyclic) bond motifs is 3. The van der Waals surface area contributed by atoms with Crippen LogP contribution in [0.3, 0.4) is 0 Å². The van der Waals surface area contributed by atoms with Crippen molar-refractivity contribution < 1.29 is 9.59 Å². The van der Waals surface area contributed by atoms with E-state index in [1.165, 1.54) is 0 Å². The highest BCUT2D eigenvalue weighted by Gasteiger charge is 2.56. The second-order valence-corrected chi connectivity index (χ2v) is 7.18. The van der Waals surface area contributed by atoms with Crippen LogP contribution in [0.1, 0.15) is 52.4 Å². The van der Waals surface area contributed by atoms with Crippen LogP contribution in [0.5, 0.6) is 0 Å². The van der Waals surface area contributed by atoms with Gasteiger partial charge in [0.05, 0.1) is 11.5 Å². The van der Waals surface area contributed by atoms with Gasteiger partial charge in [0.25, 0.3) is 0 Å². The first-order valence-corrected chi connectivity index (χ1v) is 7.60. The molecule has 0 heterocycles. The number of allylic oxidation sites excluding steroid dienone is 2. The van der Waals surface area contributed by atoms with E-state index >= 15 is 0 Å². The van der Waals surface area contributed by atoms with E-state index in [-0.39, 0.29) is 17.0 Å². The Hall–Kier alpha value is -1.43. The molecule has 0 bridgehead atoms. The van der Waals surface area contributed by atoms with Crippen LogP contribution in [0.25, 0.3) is 0 Å². The molecule has 3 aliphatic rings. The predicted molar refractivity (Wildman–Crippen MR) is 74.6 cm³/mol. The number of rotatable bonds is 0. The molecule has 20 heavy (non-hydrogen) atoms. The second-order valence-electron chi connectivity index (χ2n) is 7.18. The SMILES string of the molecule is C[C@@H]1CC(=O)C[C@]2(C)C3=CC(=O)CC[C@]3(C#N)CC[C@@H]12. The number of Topliss-reactive ketones (excluding diaryl/α,β-unsaturated/α-hetero) is 1. The molecular weight excluding hydrogens is 250 g/mol. The molecule has 4 atom stereocenters. The Kier molecular flexibility index (Phi) is 2.90. The van der Waals surface area contributed by atoms with Gasteiger partial charge in [0, 0.05) is 24.7 Å². The second kappa shape index (κ2) is 4.28. The number of carbonyl (C=O) groups excluding carboxylic acids is 2. The van der Waals surface area contributed by atoms with E-state index in [0.29, 0.717) is 37.5 Å². The van der Waals surface area contributed by atoms with Crippen LogP contribution in [-0.2, 0) is 9.59 Å². The quantitative estimate of drug-likeness (QED) is 0.679. The van der Waals surface area contributed by atoms with Crippen molar-refractivity contribution in [2.75, 3.05) is 0 Å². The van der Waals surface area contributed by atoms with E-state index in [1.54, 1.807) is 6.08 Å². The lowest BCUT2D eigenvalue weighted by molar-refractivity contribution is -0.129. The molecule has 0 radical (unpaired) electrons. The van der Waals surface area contributed by atoms with Crippen LogP contribution in [0.2, 0.25) is 0 Å². The van der Waals surface area contributed by atoms with Gasteiger partial charge >= 0.3 is 0 Å². The highest BCUT2D eigenvalue weighted by atomic mass is 16.1. The van der Waals surface area contributed by atoms with Crippen molar-refractivity contribution in [1.82, 2.24) is 0 Å². The number of hydrogen-bond donors (Lipinski definition) is 0. The zero-order valence-corrected chi connectivity index (χ0v) is 12.2. The third-order valence-electron chi connectivity index (χ3n) is 5.95. The fraction of sp³-hybridized carbons (Fsp3) is 0.706. The minimum Gasteiger partial charge on any atom is -0.300 e. The zero-order chi connectivity index (χ0) is 14.5. The maximum Gasteiger partial charge on any atom is 0.155 e. The molecule has 0 aromatic carbocycles. The van der Waals surface area contributed by atoms with Crippen molar-refractivity contribution in [2.24, 2.45) is 22.7 Å². The molecule has 3 aliphatic carbocycles. The first kappa shape index (κ1) is 13.5. The molecule has 0 N–H and O–H groups in total. The molecule has 3 rings (SSSR count). The van der Waals surface area contributed by atoms with Gasteiger partial charge in [-0.15, -0.1) is 0 Å². The molecule has 0 spiro atoms. The molecule has 2 saturated carbocycles. The van der Waals surface area contributed by atoms with Crippen molar-refractivity contribution in [3.63, 3.8) is 0 Å². The van der Waals surface area contributed by atoms with Crippen LogP contribution >= 0.6 is 0 Å². The van der Waals surface area contributed by atoms with Crippen LogP contribution in [0, 0.1) is 34.0 Å². The molecule has 0 unspecified atom stereocenters. The van der Waals surface area contributed by atoms with Gasteiger partial charge in [0.15, 0.2) is 5.78 Å². The summed E-state index contributed by atoms with van der Waals surface area (Å²) >= 11 is 0. The minimum atomic E-state index is -0.490. The summed E-state index contributed by atoms with van der Waals surface area (Å²) in [7, 11) is 0. The number of nitrogens with zero attached hydrogens (tertiary/aromatic N) is 1. The molecule has 0 saturated heterocycles. The smallest absolute Gasteiger partial charge is 0.155 e. The van der Waals surface area contributed by atoms with Crippen molar-refractivity contribution in [3.05, 3.63) is 11.6 Å². The fourth-order valence-corrected chi connectivity index (χ4v) is 5.03. The zero-order valence-electron chi connectivity index (χ0n) is 12.2. The van der Waals surface area contributed by atoms with E-state index in [4.69, 9.17) is 0 Å². The molecule has 0 aliphatic heterocycles. The van der Waals surface area contributed by atoms with E-state index in [9.17, 15) is 14.9 Å². The Morgan fingerprint density at radius 3 is 2.80 bits per heavy atom. The number of carbonyl (C=O) groups is 2.